The molecule has 0 saturated carbocycles. The van der Waals surface area contributed by atoms with Gasteiger partial charge in [-0.15, -0.1) is 0 Å². The van der Waals surface area contributed by atoms with Gasteiger partial charge in [0.15, 0.2) is 0 Å². The second-order valence-electron chi connectivity index (χ2n) is 8.28. The molecule has 2 aliphatic rings. The summed E-state index contributed by atoms with van der Waals surface area (Å²) in [6.07, 6.45) is 7.45. The molecule has 0 bridgehead atoms. The Morgan fingerprint density at radius 1 is 1.07 bits per heavy atom. The third-order valence-corrected chi connectivity index (χ3v) is 7.45. The van der Waals surface area contributed by atoms with E-state index in [0.29, 0.717) is 19.1 Å². The Labute approximate surface area is 180 Å². The first-order valence-corrected chi connectivity index (χ1v) is 12.6. The highest BCUT2D eigenvalue weighted by atomic mass is 32.2. The molecule has 0 radical (unpaired) electrons. The number of sulfonamides is 1. The fraction of sp³-hybridized carbons (Fsp3) is 0.417. The summed E-state index contributed by atoms with van der Waals surface area (Å²) < 4.78 is 25.1. The fourth-order valence-corrected chi connectivity index (χ4v) is 5.26. The summed E-state index contributed by atoms with van der Waals surface area (Å²) in [4.78, 5) is 2.37. The minimum Gasteiger partial charge on any atom is -0.370 e. The summed E-state index contributed by atoms with van der Waals surface area (Å²) in [7, 11) is -3.08. The molecule has 2 aromatic carbocycles. The van der Waals surface area contributed by atoms with Gasteiger partial charge >= 0.3 is 0 Å². The molecule has 2 heterocycles. The Balaban J connectivity index is 1.45. The molecular formula is C24H31N3O2S. The molecule has 1 fully saturated rings. The van der Waals surface area contributed by atoms with E-state index in [1.54, 1.807) is 4.31 Å². The summed E-state index contributed by atoms with van der Waals surface area (Å²) in [6, 6.07) is 15.9. The summed E-state index contributed by atoms with van der Waals surface area (Å²) in [6.45, 7) is 6.10. The molecule has 0 aromatic heterocycles. The summed E-state index contributed by atoms with van der Waals surface area (Å²) in [5.41, 5.74) is 6.39. The molecule has 0 atom stereocenters. The van der Waals surface area contributed by atoms with Crippen LogP contribution in [0.4, 0.5) is 0 Å². The van der Waals surface area contributed by atoms with Crippen molar-refractivity contribution in [2.45, 2.75) is 38.9 Å². The predicted octanol–water partition coefficient (Wildman–Crippen LogP) is 3.67. The lowest BCUT2D eigenvalue weighted by Gasteiger charge is -2.38. The van der Waals surface area contributed by atoms with Gasteiger partial charge < -0.3 is 10.2 Å². The van der Waals surface area contributed by atoms with Crippen LogP contribution in [0, 0.1) is 0 Å². The Morgan fingerprint density at radius 3 is 2.57 bits per heavy atom. The maximum atomic E-state index is 11.7. The molecule has 4 rings (SSSR count). The van der Waals surface area contributed by atoms with Crippen LogP contribution in [0.15, 0.2) is 48.7 Å². The van der Waals surface area contributed by atoms with Crippen LogP contribution in [0.3, 0.4) is 0 Å². The number of nitrogens with zero attached hydrogens (tertiary/aromatic N) is 2. The third kappa shape index (κ3) is 4.77. The van der Waals surface area contributed by atoms with E-state index in [-0.39, 0.29) is 0 Å². The van der Waals surface area contributed by atoms with E-state index >= 15 is 0 Å². The lowest BCUT2D eigenvalue weighted by molar-refractivity contribution is 0.183. The Kier molecular flexibility index (Phi) is 6.27. The molecule has 0 spiro atoms. The second-order valence-corrected chi connectivity index (χ2v) is 10.3. The average molecular weight is 426 g/mol. The number of nitrogens with one attached hydrogen (secondary N) is 1. The molecule has 30 heavy (non-hydrogen) atoms. The zero-order valence-corrected chi connectivity index (χ0v) is 18.7. The summed E-state index contributed by atoms with van der Waals surface area (Å²) in [5.74, 6) is 0. The predicted molar refractivity (Wildman–Crippen MR) is 123 cm³/mol. The average Bonchev–Trinajstić information content (AvgIpc) is 2.76. The normalized spacial score (nSPS) is 17.9. The van der Waals surface area contributed by atoms with Gasteiger partial charge in [-0.05, 0) is 65.4 Å². The maximum Gasteiger partial charge on any atom is 0.211 e. The number of rotatable bonds is 6. The molecule has 0 unspecified atom stereocenters. The van der Waals surface area contributed by atoms with Crippen LogP contribution in [0.5, 0.6) is 0 Å². The first kappa shape index (κ1) is 21.1. The van der Waals surface area contributed by atoms with Crippen molar-refractivity contribution in [3.8, 4) is 11.1 Å². The van der Waals surface area contributed by atoms with Gasteiger partial charge in [-0.2, -0.15) is 0 Å². The lowest BCUT2D eigenvalue weighted by Crippen LogP contribution is -2.45. The second kappa shape index (κ2) is 8.92. The van der Waals surface area contributed by atoms with Crippen molar-refractivity contribution in [1.82, 2.24) is 14.5 Å². The van der Waals surface area contributed by atoms with E-state index in [2.05, 4.69) is 71.9 Å². The first-order valence-electron chi connectivity index (χ1n) is 10.8. The highest BCUT2D eigenvalue weighted by Crippen LogP contribution is 2.30. The van der Waals surface area contributed by atoms with E-state index in [1.807, 2.05) is 0 Å². The van der Waals surface area contributed by atoms with Crippen molar-refractivity contribution in [1.29, 1.82) is 0 Å². The Hall–Kier alpha value is -2.15. The van der Waals surface area contributed by atoms with Crippen molar-refractivity contribution in [2.75, 3.05) is 25.9 Å². The molecular weight excluding hydrogens is 394 g/mol. The fourth-order valence-electron chi connectivity index (χ4n) is 4.39. The molecule has 1 saturated heterocycles. The van der Waals surface area contributed by atoms with E-state index < -0.39 is 10.0 Å². The number of hydrogen-bond acceptors (Lipinski definition) is 4. The van der Waals surface area contributed by atoms with Gasteiger partial charge in [0, 0.05) is 38.4 Å². The van der Waals surface area contributed by atoms with Crippen LogP contribution >= 0.6 is 0 Å². The monoisotopic (exact) mass is 425 g/mol. The van der Waals surface area contributed by atoms with Crippen molar-refractivity contribution >= 4 is 16.1 Å². The maximum absolute atomic E-state index is 11.7. The lowest BCUT2D eigenvalue weighted by atomic mass is 9.95. The van der Waals surface area contributed by atoms with Crippen LogP contribution in [0.2, 0.25) is 0 Å². The number of piperidine rings is 1. The van der Waals surface area contributed by atoms with Gasteiger partial charge in [-0.1, -0.05) is 37.3 Å². The van der Waals surface area contributed by atoms with Crippen molar-refractivity contribution in [3.63, 3.8) is 0 Å². The van der Waals surface area contributed by atoms with E-state index in [0.717, 1.165) is 32.5 Å². The summed E-state index contributed by atoms with van der Waals surface area (Å²) >= 11 is 0. The smallest absolute Gasteiger partial charge is 0.211 e. The van der Waals surface area contributed by atoms with Gasteiger partial charge in [-0.25, -0.2) is 12.7 Å². The number of fused-ring (bicyclic) bond motifs is 1. The quantitative estimate of drug-likeness (QED) is 0.767. The van der Waals surface area contributed by atoms with Crippen molar-refractivity contribution in [2.24, 2.45) is 0 Å². The van der Waals surface area contributed by atoms with Crippen LogP contribution in [0.25, 0.3) is 17.2 Å². The van der Waals surface area contributed by atoms with E-state index in [4.69, 9.17) is 0 Å². The van der Waals surface area contributed by atoms with Crippen LogP contribution < -0.4 is 5.32 Å². The van der Waals surface area contributed by atoms with Gasteiger partial charge in [0.1, 0.15) is 0 Å². The van der Waals surface area contributed by atoms with Gasteiger partial charge in [-0.3, -0.25) is 0 Å². The van der Waals surface area contributed by atoms with Crippen LogP contribution in [-0.4, -0.2) is 49.6 Å². The molecule has 5 nitrogen and oxygen atoms in total. The minimum absolute atomic E-state index is 0.398. The Morgan fingerprint density at radius 2 is 1.83 bits per heavy atom. The van der Waals surface area contributed by atoms with Crippen molar-refractivity contribution in [3.05, 3.63) is 65.4 Å². The van der Waals surface area contributed by atoms with Crippen LogP contribution in [-0.2, 0) is 23.1 Å². The van der Waals surface area contributed by atoms with Gasteiger partial charge in [0.2, 0.25) is 10.0 Å². The van der Waals surface area contributed by atoms with E-state index in [9.17, 15) is 8.42 Å². The Bertz CT molecular complexity index is 1020. The largest absolute Gasteiger partial charge is 0.370 e. The topological polar surface area (TPSA) is 52.6 Å². The van der Waals surface area contributed by atoms with Gasteiger partial charge in [0.25, 0.3) is 0 Å². The highest BCUT2D eigenvalue weighted by molar-refractivity contribution is 7.88. The number of hydrogen-bond donors (Lipinski definition) is 1. The zero-order chi connectivity index (χ0) is 21.1. The SMILES string of the molecule is CCNCc1cccc(-c2ccc3c(c2)C=CN(C2CCN(S(C)(=O)=O)CC2)C3)c1. The molecule has 2 aromatic rings. The summed E-state index contributed by atoms with van der Waals surface area (Å²) in [5, 5.41) is 3.39. The molecule has 6 heteroatoms. The molecule has 1 N–H and O–H groups in total. The highest BCUT2D eigenvalue weighted by Gasteiger charge is 2.28. The van der Waals surface area contributed by atoms with Crippen molar-refractivity contribution < 1.29 is 8.42 Å². The molecule has 2 aliphatic heterocycles. The van der Waals surface area contributed by atoms with Gasteiger partial charge in [0.05, 0.1) is 6.26 Å². The molecule has 0 amide bonds. The van der Waals surface area contributed by atoms with E-state index in [1.165, 1.54) is 34.1 Å². The minimum atomic E-state index is -3.08. The molecule has 0 aliphatic carbocycles. The zero-order valence-electron chi connectivity index (χ0n) is 17.8. The van der Waals surface area contributed by atoms with Crippen LogP contribution in [0.1, 0.15) is 36.5 Å². The third-order valence-electron chi connectivity index (χ3n) is 6.15. The first-order chi connectivity index (χ1) is 14.4. The standard InChI is InChI=1S/C24H31N3O2S/c1-3-25-17-19-5-4-6-20(15-19)21-7-8-23-18-26(12-9-22(23)16-21)24-10-13-27(14-11-24)30(2,28)29/h4-9,12,15-16,24-25H,3,10-11,13-14,17-18H2,1-2H3. The number of benzene rings is 2. The molecule has 160 valence electrons.